The van der Waals surface area contributed by atoms with Crippen molar-refractivity contribution in [2.24, 2.45) is 0 Å². The maximum Gasteiger partial charge on any atom is 0.339 e. The number of anilines is 1. The molecule has 0 aliphatic rings. The van der Waals surface area contributed by atoms with E-state index in [1.807, 2.05) is 25.1 Å². The van der Waals surface area contributed by atoms with Crippen LogP contribution < -0.4 is 10.6 Å². The number of carbonyl (C=O) groups excluding carboxylic acids is 3. The van der Waals surface area contributed by atoms with Crippen molar-refractivity contribution in [1.82, 2.24) is 20.1 Å². The van der Waals surface area contributed by atoms with Gasteiger partial charge in [0.15, 0.2) is 11.0 Å². The molecule has 0 bridgehead atoms. The Morgan fingerprint density at radius 1 is 1.15 bits per heavy atom. The second-order valence-electron chi connectivity index (χ2n) is 7.22. The summed E-state index contributed by atoms with van der Waals surface area (Å²) in [5.74, 6) is -0.481. The summed E-state index contributed by atoms with van der Waals surface area (Å²) in [4.78, 5) is 36.8. The van der Waals surface area contributed by atoms with Crippen LogP contribution in [0.2, 0.25) is 0 Å². The van der Waals surface area contributed by atoms with Crippen LogP contribution in [0.15, 0.2) is 66.3 Å². The Hall–Kier alpha value is -3.92. The molecular formula is C24H25N5O4S. The van der Waals surface area contributed by atoms with Crippen molar-refractivity contribution >= 4 is 35.2 Å². The average Bonchev–Trinajstić information content (AvgIpc) is 3.22. The van der Waals surface area contributed by atoms with Gasteiger partial charge in [-0.05, 0) is 31.2 Å². The number of nitrogens with one attached hydrogen (secondary N) is 2. The molecule has 0 aliphatic heterocycles. The zero-order valence-electron chi connectivity index (χ0n) is 18.9. The molecule has 0 aliphatic carbocycles. The Kier molecular flexibility index (Phi) is 8.58. The Balaban J connectivity index is 1.63. The molecule has 1 heterocycles. The van der Waals surface area contributed by atoms with Crippen molar-refractivity contribution in [3.63, 3.8) is 0 Å². The predicted octanol–water partition coefficient (Wildman–Crippen LogP) is 3.22. The zero-order valence-corrected chi connectivity index (χ0v) is 19.7. The second-order valence-corrected chi connectivity index (χ2v) is 8.17. The zero-order chi connectivity index (χ0) is 24.5. The van der Waals surface area contributed by atoms with Crippen molar-refractivity contribution in [3.05, 3.63) is 83.7 Å². The lowest BCUT2D eigenvalue weighted by atomic mass is 10.1. The van der Waals surface area contributed by atoms with E-state index >= 15 is 0 Å². The molecule has 2 amide bonds. The number of ether oxygens (including phenoxy) is 1. The van der Waals surface area contributed by atoms with Crippen LogP contribution in [0.25, 0.3) is 0 Å². The summed E-state index contributed by atoms with van der Waals surface area (Å²) < 4.78 is 6.53. The van der Waals surface area contributed by atoms with Gasteiger partial charge in [0, 0.05) is 12.1 Å². The third kappa shape index (κ3) is 6.32. The topological polar surface area (TPSA) is 115 Å². The van der Waals surface area contributed by atoms with E-state index in [2.05, 4.69) is 27.4 Å². The number of thioether (sulfide) groups is 1. The van der Waals surface area contributed by atoms with E-state index in [1.165, 1.54) is 18.9 Å². The van der Waals surface area contributed by atoms with Crippen molar-refractivity contribution < 1.29 is 19.1 Å². The Morgan fingerprint density at radius 2 is 1.94 bits per heavy atom. The maximum absolute atomic E-state index is 12.5. The second kappa shape index (κ2) is 11.8. The first-order valence-electron chi connectivity index (χ1n) is 10.4. The minimum Gasteiger partial charge on any atom is -0.465 e. The van der Waals surface area contributed by atoms with Crippen LogP contribution in [0.4, 0.5) is 5.69 Å². The molecule has 0 radical (unpaired) electrons. The van der Waals surface area contributed by atoms with Gasteiger partial charge in [-0.25, -0.2) is 4.79 Å². The molecule has 3 rings (SSSR count). The van der Waals surface area contributed by atoms with Crippen molar-refractivity contribution in [2.45, 2.75) is 25.2 Å². The van der Waals surface area contributed by atoms with Gasteiger partial charge in [0.1, 0.15) is 0 Å². The number of hydrogen-bond donors (Lipinski definition) is 2. The number of rotatable bonds is 10. The first-order chi connectivity index (χ1) is 16.4. The van der Waals surface area contributed by atoms with Crippen LogP contribution in [0.5, 0.6) is 0 Å². The normalized spacial score (nSPS) is 10.4. The lowest BCUT2D eigenvalue weighted by Crippen LogP contribution is -2.25. The summed E-state index contributed by atoms with van der Waals surface area (Å²) in [5.41, 5.74) is 2.19. The first-order valence-corrected chi connectivity index (χ1v) is 11.4. The molecule has 0 spiro atoms. The van der Waals surface area contributed by atoms with Gasteiger partial charge in [-0.15, -0.1) is 16.8 Å². The lowest BCUT2D eigenvalue weighted by molar-refractivity contribution is -0.113. The van der Waals surface area contributed by atoms with E-state index in [4.69, 9.17) is 4.74 Å². The smallest absolute Gasteiger partial charge is 0.339 e. The molecule has 2 aromatic carbocycles. The molecule has 3 aromatic rings. The van der Waals surface area contributed by atoms with Crippen molar-refractivity contribution in [3.8, 4) is 0 Å². The third-order valence-electron chi connectivity index (χ3n) is 4.73. The van der Waals surface area contributed by atoms with E-state index < -0.39 is 5.97 Å². The van der Waals surface area contributed by atoms with Crippen LogP contribution in [0, 0.1) is 6.92 Å². The quantitative estimate of drug-likeness (QED) is 0.261. The van der Waals surface area contributed by atoms with E-state index in [-0.39, 0.29) is 29.7 Å². The SMILES string of the molecule is C=CCn1c(CNC(=O)c2cccc(C)c2)nnc1SCC(=O)Nc1ccccc1C(=O)OC. The minimum atomic E-state index is -0.536. The van der Waals surface area contributed by atoms with Gasteiger partial charge < -0.3 is 19.9 Å². The van der Waals surface area contributed by atoms with Crippen LogP contribution in [-0.4, -0.2) is 45.4 Å². The van der Waals surface area contributed by atoms with E-state index in [1.54, 1.807) is 41.0 Å². The molecule has 10 heteroatoms. The molecule has 0 fully saturated rings. The lowest BCUT2D eigenvalue weighted by Gasteiger charge is -2.10. The summed E-state index contributed by atoms with van der Waals surface area (Å²) in [6.45, 7) is 6.27. The van der Waals surface area contributed by atoms with Gasteiger partial charge >= 0.3 is 5.97 Å². The minimum absolute atomic E-state index is 0.0421. The number of esters is 1. The molecule has 0 saturated carbocycles. The highest BCUT2D eigenvalue weighted by Crippen LogP contribution is 2.20. The number of para-hydroxylation sites is 1. The number of nitrogens with zero attached hydrogens (tertiary/aromatic N) is 3. The standard InChI is InChI=1S/C24H25N5O4S/c1-4-12-29-20(14-25-22(31)17-9-7-8-16(2)13-17)27-28-24(29)34-15-21(30)26-19-11-6-5-10-18(19)23(32)33-3/h4-11,13H,1,12,14-15H2,2-3H3,(H,25,31)(H,26,30). The number of aromatic nitrogens is 3. The monoisotopic (exact) mass is 479 g/mol. The third-order valence-corrected chi connectivity index (χ3v) is 5.70. The van der Waals surface area contributed by atoms with Crippen molar-refractivity contribution in [1.29, 1.82) is 0 Å². The van der Waals surface area contributed by atoms with Crippen molar-refractivity contribution in [2.75, 3.05) is 18.2 Å². The fraction of sp³-hybridized carbons (Fsp3) is 0.208. The molecule has 0 saturated heterocycles. The number of amides is 2. The van der Waals surface area contributed by atoms with Gasteiger partial charge in [-0.2, -0.15) is 0 Å². The summed E-state index contributed by atoms with van der Waals surface area (Å²) in [6.07, 6.45) is 1.69. The molecule has 1 aromatic heterocycles. The van der Waals surface area contributed by atoms with Gasteiger partial charge in [0.05, 0.1) is 30.7 Å². The summed E-state index contributed by atoms with van der Waals surface area (Å²) in [5, 5.41) is 14.4. The Labute approximate surface area is 201 Å². The highest BCUT2D eigenvalue weighted by molar-refractivity contribution is 7.99. The van der Waals surface area contributed by atoms with Crippen LogP contribution >= 0.6 is 11.8 Å². The number of carbonyl (C=O) groups is 3. The van der Waals surface area contributed by atoms with E-state index in [9.17, 15) is 14.4 Å². The van der Waals surface area contributed by atoms with Crippen LogP contribution in [-0.2, 0) is 22.6 Å². The van der Waals surface area contributed by atoms with E-state index in [0.29, 0.717) is 28.8 Å². The first kappa shape index (κ1) is 24.7. The molecule has 0 unspecified atom stereocenters. The highest BCUT2D eigenvalue weighted by Gasteiger charge is 2.17. The van der Waals surface area contributed by atoms with E-state index in [0.717, 1.165) is 5.56 Å². The fourth-order valence-corrected chi connectivity index (χ4v) is 3.88. The number of benzene rings is 2. The Bertz CT molecular complexity index is 1210. The summed E-state index contributed by atoms with van der Waals surface area (Å²) in [6, 6.07) is 13.9. The number of methoxy groups -OCH3 is 1. The van der Waals surface area contributed by atoms with Gasteiger partial charge in [-0.3, -0.25) is 9.59 Å². The van der Waals surface area contributed by atoms with Crippen LogP contribution in [0.3, 0.4) is 0 Å². The number of allylic oxidation sites excluding steroid dienone is 1. The molecule has 34 heavy (non-hydrogen) atoms. The fourth-order valence-electron chi connectivity index (χ4n) is 3.11. The maximum atomic E-state index is 12.5. The highest BCUT2D eigenvalue weighted by atomic mass is 32.2. The summed E-state index contributed by atoms with van der Waals surface area (Å²) in [7, 11) is 1.28. The molecular weight excluding hydrogens is 454 g/mol. The largest absolute Gasteiger partial charge is 0.465 e. The average molecular weight is 480 g/mol. The summed E-state index contributed by atoms with van der Waals surface area (Å²) >= 11 is 1.19. The number of aryl methyl sites for hydroxylation is 1. The van der Waals surface area contributed by atoms with Gasteiger partial charge in [0.25, 0.3) is 5.91 Å². The molecule has 176 valence electrons. The molecule has 0 atom stereocenters. The van der Waals surface area contributed by atoms with Gasteiger partial charge in [0.2, 0.25) is 5.91 Å². The van der Waals surface area contributed by atoms with Crippen LogP contribution in [0.1, 0.15) is 32.1 Å². The number of hydrogen-bond acceptors (Lipinski definition) is 7. The molecule has 9 nitrogen and oxygen atoms in total. The predicted molar refractivity (Wildman–Crippen MR) is 130 cm³/mol. The Morgan fingerprint density at radius 3 is 2.68 bits per heavy atom. The molecule has 2 N–H and O–H groups in total. The van der Waals surface area contributed by atoms with Gasteiger partial charge in [-0.1, -0.05) is 47.7 Å².